The first-order valence-corrected chi connectivity index (χ1v) is 5.68. The van der Waals surface area contributed by atoms with Crippen molar-refractivity contribution in [1.29, 1.82) is 0 Å². The van der Waals surface area contributed by atoms with Crippen molar-refractivity contribution in [3.63, 3.8) is 0 Å². The van der Waals surface area contributed by atoms with E-state index in [1.54, 1.807) is 0 Å². The van der Waals surface area contributed by atoms with Gasteiger partial charge < -0.3 is 9.47 Å². The van der Waals surface area contributed by atoms with E-state index in [0.29, 0.717) is 5.92 Å². The van der Waals surface area contributed by atoms with Gasteiger partial charge >= 0.3 is 5.97 Å². The molecule has 15 heavy (non-hydrogen) atoms. The lowest BCUT2D eigenvalue weighted by atomic mass is 9.87. The van der Waals surface area contributed by atoms with Gasteiger partial charge in [0.1, 0.15) is 11.9 Å². The summed E-state index contributed by atoms with van der Waals surface area (Å²) in [6, 6.07) is 0. The van der Waals surface area contributed by atoms with Crippen LogP contribution in [0.5, 0.6) is 0 Å². The molecule has 2 aliphatic heterocycles. The summed E-state index contributed by atoms with van der Waals surface area (Å²) in [5, 5.41) is 0. The van der Waals surface area contributed by atoms with Crippen molar-refractivity contribution in [2.75, 3.05) is 6.61 Å². The number of carbonyl (C=O) groups excluding carboxylic acids is 1. The van der Waals surface area contributed by atoms with Crippen molar-refractivity contribution in [2.24, 2.45) is 11.8 Å². The van der Waals surface area contributed by atoms with E-state index in [2.05, 4.69) is 20.8 Å². The summed E-state index contributed by atoms with van der Waals surface area (Å²) in [5.41, 5.74) is 0.769. The molecule has 0 saturated heterocycles. The average molecular weight is 210 g/mol. The highest BCUT2D eigenvalue weighted by Gasteiger charge is 2.38. The maximum Gasteiger partial charge on any atom is 0.337 e. The molecule has 0 unspecified atom stereocenters. The monoisotopic (exact) mass is 210 g/mol. The molecule has 3 nitrogen and oxygen atoms in total. The van der Waals surface area contributed by atoms with E-state index >= 15 is 0 Å². The molecule has 2 heterocycles. The summed E-state index contributed by atoms with van der Waals surface area (Å²) < 4.78 is 11.1. The Morgan fingerprint density at radius 2 is 2.13 bits per heavy atom. The summed E-state index contributed by atoms with van der Waals surface area (Å²) in [6.07, 6.45) is 1.70. The van der Waals surface area contributed by atoms with Crippen molar-refractivity contribution in [3.05, 3.63) is 11.3 Å². The van der Waals surface area contributed by atoms with Crippen LogP contribution in [0.4, 0.5) is 0 Å². The Labute approximate surface area is 90.4 Å². The Balaban J connectivity index is 2.30. The van der Waals surface area contributed by atoms with Gasteiger partial charge in [-0.1, -0.05) is 20.8 Å². The Morgan fingerprint density at radius 1 is 1.40 bits per heavy atom. The second kappa shape index (κ2) is 3.87. The fourth-order valence-electron chi connectivity index (χ4n) is 2.41. The Morgan fingerprint density at radius 3 is 2.80 bits per heavy atom. The largest absolute Gasteiger partial charge is 0.497 e. The number of hydrogen-bond donors (Lipinski definition) is 0. The van der Waals surface area contributed by atoms with Gasteiger partial charge in [0.2, 0.25) is 0 Å². The van der Waals surface area contributed by atoms with Crippen molar-refractivity contribution in [3.8, 4) is 0 Å². The first kappa shape index (κ1) is 10.5. The van der Waals surface area contributed by atoms with Crippen molar-refractivity contribution >= 4 is 5.97 Å². The quantitative estimate of drug-likeness (QED) is 0.623. The molecule has 0 N–H and O–H groups in total. The molecule has 3 heteroatoms. The lowest BCUT2D eigenvalue weighted by molar-refractivity contribution is -0.154. The summed E-state index contributed by atoms with van der Waals surface area (Å²) in [5.74, 6) is 1.26. The van der Waals surface area contributed by atoms with Gasteiger partial charge in [0.25, 0.3) is 0 Å². The minimum Gasteiger partial charge on any atom is -0.497 e. The fourth-order valence-corrected chi connectivity index (χ4v) is 2.41. The van der Waals surface area contributed by atoms with Gasteiger partial charge in [-0.3, -0.25) is 0 Å². The highest BCUT2D eigenvalue weighted by molar-refractivity contribution is 5.90. The Hall–Kier alpha value is -0.990. The second-order valence-electron chi connectivity index (χ2n) is 4.70. The summed E-state index contributed by atoms with van der Waals surface area (Å²) in [4.78, 5) is 11.7. The molecular weight excluding hydrogens is 192 g/mol. The molecule has 0 fully saturated rings. The minimum atomic E-state index is -0.165. The molecule has 2 atom stereocenters. The second-order valence-corrected chi connectivity index (χ2v) is 4.70. The molecular formula is C12H18O3. The van der Waals surface area contributed by atoms with Crippen LogP contribution in [0.1, 0.15) is 33.6 Å². The first-order chi connectivity index (χ1) is 7.11. The molecule has 0 amide bonds. The zero-order valence-corrected chi connectivity index (χ0v) is 9.58. The number of cyclic esters (lactones) is 1. The molecule has 0 aliphatic carbocycles. The maximum absolute atomic E-state index is 11.7. The zero-order valence-electron chi connectivity index (χ0n) is 9.58. The third-order valence-corrected chi connectivity index (χ3v) is 3.18. The van der Waals surface area contributed by atoms with Crippen LogP contribution >= 0.6 is 0 Å². The molecule has 0 aromatic carbocycles. The van der Waals surface area contributed by atoms with E-state index in [1.165, 1.54) is 0 Å². The van der Waals surface area contributed by atoms with Gasteiger partial charge in [0.05, 0.1) is 18.1 Å². The third-order valence-electron chi connectivity index (χ3n) is 3.18. The SMILES string of the molecule is CC(C)[C@H]1OC(=O)C2=C(OCCC2)[C@H]1C. The summed E-state index contributed by atoms with van der Waals surface area (Å²) >= 11 is 0. The molecule has 0 aromatic rings. The summed E-state index contributed by atoms with van der Waals surface area (Å²) in [7, 11) is 0. The number of esters is 1. The maximum atomic E-state index is 11.7. The Bertz CT molecular complexity index is 304. The normalized spacial score (nSPS) is 31.1. The number of hydrogen-bond acceptors (Lipinski definition) is 3. The predicted molar refractivity (Wildman–Crippen MR) is 56.1 cm³/mol. The smallest absolute Gasteiger partial charge is 0.337 e. The summed E-state index contributed by atoms with van der Waals surface area (Å²) in [6.45, 7) is 6.96. The van der Waals surface area contributed by atoms with Crippen LogP contribution in [-0.2, 0) is 14.3 Å². The van der Waals surface area contributed by atoms with Gasteiger partial charge in [0, 0.05) is 0 Å². The van der Waals surface area contributed by atoms with Crippen LogP contribution < -0.4 is 0 Å². The average Bonchev–Trinajstić information content (AvgIpc) is 2.23. The van der Waals surface area contributed by atoms with Crippen molar-refractivity contribution in [2.45, 2.75) is 39.7 Å². The van der Waals surface area contributed by atoms with E-state index in [-0.39, 0.29) is 18.0 Å². The van der Waals surface area contributed by atoms with E-state index in [9.17, 15) is 4.79 Å². The minimum absolute atomic E-state index is 0.0330. The Kier molecular flexibility index (Phi) is 2.72. The highest BCUT2D eigenvalue weighted by atomic mass is 16.6. The molecule has 2 rings (SSSR count). The molecule has 0 saturated carbocycles. The van der Waals surface area contributed by atoms with E-state index in [1.807, 2.05) is 0 Å². The molecule has 0 aromatic heterocycles. The topological polar surface area (TPSA) is 35.5 Å². The standard InChI is InChI=1S/C12H18O3/c1-7(2)10-8(3)11-9(12(13)15-10)5-4-6-14-11/h7-8,10H,4-6H2,1-3H3/t8-,10+/m0/s1. The molecule has 2 aliphatic rings. The van der Waals surface area contributed by atoms with E-state index < -0.39 is 0 Å². The van der Waals surface area contributed by atoms with E-state index in [4.69, 9.17) is 9.47 Å². The highest BCUT2D eigenvalue weighted by Crippen LogP contribution is 2.36. The van der Waals surface area contributed by atoms with Crippen LogP contribution in [0.15, 0.2) is 11.3 Å². The van der Waals surface area contributed by atoms with Crippen LogP contribution in [-0.4, -0.2) is 18.7 Å². The van der Waals surface area contributed by atoms with Gasteiger partial charge in [-0.15, -0.1) is 0 Å². The molecule has 84 valence electrons. The van der Waals surface area contributed by atoms with Gasteiger partial charge in [-0.2, -0.15) is 0 Å². The van der Waals surface area contributed by atoms with Gasteiger partial charge in [-0.05, 0) is 18.8 Å². The molecule has 0 bridgehead atoms. The number of rotatable bonds is 1. The zero-order chi connectivity index (χ0) is 11.0. The first-order valence-electron chi connectivity index (χ1n) is 5.68. The lowest BCUT2D eigenvalue weighted by Gasteiger charge is -2.36. The van der Waals surface area contributed by atoms with Gasteiger partial charge in [-0.25, -0.2) is 4.79 Å². The van der Waals surface area contributed by atoms with E-state index in [0.717, 1.165) is 30.8 Å². The van der Waals surface area contributed by atoms with Crippen molar-refractivity contribution in [1.82, 2.24) is 0 Å². The number of ether oxygens (including phenoxy) is 2. The van der Waals surface area contributed by atoms with Crippen LogP contribution in [0.3, 0.4) is 0 Å². The van der Waals surface area contributed by atoms with Crippen LogP contribution in [0.2, 0.25) is 0 Å². The predicted octanol–water partition coefficient (Wildman–Crippen LogP) is 2.27. The lowest BCUT2D eigenvalue weighted by Crippen LogP contribution is -2.39. The van der Waals surface area contributed by atoms with Crippen LogP contribution in [0, 0.1) is 11.8 Å². The van der Waals surface area contributed by atoms with Crippen molar-refractivity contribution < 1.29 is 14.3 Å². The molecule has 0 spiro atoms. The van der Waals surface area contributed by atoms with Gasteiger partial charge in [0.15, 0.2) is 0 Å². The fraction of sp³-hybridized carbons (Fsp3) is 0.750. The number of carbonyl (C=O) groups is 1. The molecule has 0 radical (unpaired) electrons. The van der Waals surface area contributed by atoms with Crippen LogP contribution in [0.25, 0.3) is 0 Å². The third kappa shape index (κ3) is 1.75.